The third kappa shape index (κ3) is 4.71. The minimum Gasteiger partial charge on any atom is -0.345 e. The minimum atomic E-state index is -3.79. The molecular formula is C24H26N2O3S. The van der Waals surface area contributed by atoms with E-state index in [1.807, 2.05) is 44.2 Å². The molecule has 0 spiro atoms. The predicted octanol–water partition coefficient (Wildman–Crippen LogP) is 4.70. The first-order chi connectivity index (χ1) is 14.3. The van der Waals surface area contributed by atoms with E-state index in [2.05, 4.69) is 5.32 Å². The van der Waals surface area contributed by atoms with Crippen molar-refractivity contribution in [1.29, 1.82) is 0 Å². The van der Waals surface area contributed by atoms with Crippen LogP contribution in [0.1, 0.15) is 40.9 Å². The molecule has 0 aromatic heterocycles. The number of benzene rings is 3. The van der Waals surface area contributed by atoms with Crippen molar-refractivity contribution < 1.29 is 13.2 Å². The lowest BCUT2D eigenvalue weighted by molar-refractivity contribution is 0.0935. The van der Waals surface area contributed by atoms with E-state index in [-0.39, 0.29) is 16.8 Å². The number of aryl methyl sites for hydroxylation is 1. The lowest BCUT2D eigenvalue weighted by Gasteiger charge is -2.20. The molecular weight excluding hydrogens is 396 g/mol. The molecule has 0 heterocycles. The maximum Gasteiger partial charge on any atom is 0.264 e. The van der Waals surface area contributed by atoms with Crippen LogP contribution in [-0.2, 0) is 10.0 Å². The molecule has 6 heteroatoms. The Morgan fingerprint density at radius 3 is 2.27 bits per heavy atom. The quantitative estimate of drug-likeness (QED) is 0.600. The van der Waals surface area contributed by atoms with Crippen LogP contribution in [0.5, 0.6) is 0 Å². The van der Waals surface area contributed by atoms with E-state index in [0.717, 1.165) is 17.5 Å². The first kappa shape index (κ1) is 21.6. The second-order valence-electron chi connectivity index (χ2n) is 7.18. The van der Waals surface area contributed by atoms with Crippen LogP contribution >= 0.6 is 0 Å². The first-order valence-electron chi connectivity index (χ1n) is 9.84. The van der Waals surface area contributed by atoms with Gasteiger partial charge in [0.25, 0.3) is 15.9 Å². The molecule has 30 heavy (non-hydrogen) atoms. The van der Waals surface area contributed by atoms with Gasteiger partial charge in [-0.05, 0) is 49.2 Å². The normalized spacial score (nSPS) is 12.2. The van der Waals surface area contributed by atoms with Gasteiger partial charge < -0.3 is 5.32 Å². The molecule has 0 saturated heterocycles. The summed E-state index contributed by atoms with van der Waals surface area (Å²) in [5.74, 6) is -0.304. The van der Waals surface area contributed by atoms with E-state index in [1.54, 1.807) is 36.4 Å². The van der Waals surface area contributed by atoms with Gasteiger partial charge in [-0.2, -0.15) is 0 Å². The summed E-state index contributed by atoms with van der Waals surface area (Å²) in [5, 5.41) is 3.01. The lowest BCUT2D eigenvalue weighted by Crippen LogP contribution is -2.29. The monoisotopic (exact) mass is 422 g/mol. The molecule has 3 rings (SSSR count). The standard InChI is InChI=1S/C24H26N2O3S/c1-4-23(19-15-13-18(2)14-16-19)25-24(27)20-9-8-12-22(17-20)30(28,29)26(3)21-10-6-5-7-11-21/h5-17,23H,4H2,1-3H3,(H,25,27)/t23-/m0/s1. The Morgan fingerprint density at radius 2 is 1.63 bits per heavy atom. The number of para-hydroxylation sites is 1. The average molecular weight is 423 g/mol. The fraction of sp³-hybridized carbons (Fsp3) is 0.208. The number of sulfonamides is 1. The average Bonchev–Trinajstić information content (AvgIpc) is 2.78. The smallest absolute Gasteiger partial charge is 0.264 e. The van der Waals surface area contributed by atoms with Crippen molar-refractivity contribution in [1.82, 2.24) is 5.32 Å². The van der Waals surface area contributed by atoms with Crippen LogP contribution < -0.4 is 9.62 Å². The SMILES string of the molecule is CC[C@H](NC(=O)c1cccc(S(=O)(=O)N(C)c2ccccc2)c1)c1ccc(C)cc1. The zero-order chi connectivity index (χ0) is 21.7. The highest BCUT2D eigenvalue weighted by atomic mass is 32.2. The molecule has 156 valence electrons. The Bertz CT molecular complexity index is 1110. The van der Waals surface area contributed by atoms with Crippen LogP contribution in [0.2, 0.25) is 0 Å². The van der Waals surface area contributed by atoms with Gasteiger partial charge in [0.2, 0.25) is 0 Å². The van der Waals surface area contributed by atoms with Crippen molar-refractivity contribution in [3.05, 3.63) is 95.6 Å². The van der Waals surface area contributed by atoms with Gasteiger partial charge in [0.1, 0.15) is 0 Å². The highest BCUT2D eigenvalue weighted by molar-refractivity contribution is 7.92. The van der Waals surface area contributed by atoms with E-state index in [9.17, 15) is 13.2 Å². The van der Waals surface area contributed by atoms with E-state index in [1.165, 1.54) is 23.5 Å². The largest absolute Gasteiger partial charge is 0.345 e. The summed E-state index contributed by atoms with van der Waals surface area (Å²) in [6.07, 6.45) is 0.726. The highest BCUT2D eigenvalue weighted by Gasteiger charge is 2.23. The Balaban J connectivity index is 1.83. The number of carbonyl (C=O) groups is 1. The maximum absolute atomic E-state index is 13.0. The van der Waals surface area contributed by atoms with E-state index in [0.29, 0.717) is 11.3 Å². The fourth-order valence-corrected chi connectivity index (χ4v) is 4.44. The Morgan fingerprint density at radius 1 is 0.967 bits per heavy atom. The number of nitrogens with zero attached hydrogens (tertiary/aromatic N) is 1. The van der Waals surface area contributed by atoms with Gasteiger partial charge in [0.15, 0.2) is 0 Å². The molecule has 1 N–H and O–H groups in total. The molecule has 5 nitrogen and oxygen atoms in total. The van der Waals surface area contributed by atoms with Crippen LogP contribution in [0.4, 0.5) is 5.69 Å². The molecule has 0 aliphatic heterocycles. The summed E-state index contributed by atoms with van der Waals surface area (Å²) in [6.45, 7) is 4.02. The number of hydrogen-bond acceptors (Lipinski definition) is 3. The number of amides is 1. The molecule has 1 amide bonds. The minimum absolute atomic E-state index is 0.0740. The van der Waals surface area contributed by atoms with Crippen LogP contribution in [0.3, 0.4) is 0 Å². The summed E-state index contributed by atoms with van der Waals surface area (Å²) in [5.41, 5.74) is 3.03. The molecule has 3 aromatic rings. The summed E-state index contributed by atoms with van der Waals surface area (Å²) in [7, 11) is -2.28. The van der Waals surface area contributed by atoms with Crippen LogP contribution in [-0.4, -0.2) is 21.4 Å². The van der Waals surface area contributed by atoms with Gasteiger partial charge in [-0.25, -0.2) is 8.42 Å². The van der Waals surface area contributed by atoms with Gasteiger partial charge in [-0.15, -0.1) is 0 Å². The molecule has 0 aliphatic carbocycles. The van der Waals surface area contributed by atoms with Gasteiger partial charge in [0, 0.05) is 12.6 Å². The molecule has 0 fully saturated rings. The lowest BCUT2D eigenvalue weighted by atomic mass is 10.0. The molecule has 3 aromatic carbocycles. The molecule has 0 radical (unpaired) electrons. The molecule has 0 bridgehead atoms. The summed E-state index contributed by atoms with van der Waals surface area (Å²) >= 11 is 0. The number of nitrogens with one attached hydrogen (secondary N) is 1. The second kappa shape index (κ2) is 9.13. The molecule has 0 unspecified atom stereocenters. The highest BCUT2D eigenvalue weighted by Crippen LogP contribution is 2.23. The summed E-state index contributed by atoms with van der Waals surface area (Å²) in [6, 6.07) is 22.8. The van der Waals surface area contributed by atoms with Gasteiger partial charge >= 0.3 is 0 Å². The van der Waals surface area contributed by atoms with Crippen molar-refractivity contribution in [2.45, 2.75) is 31.2 Å². The topological polar surface area (TPSA) is 66.5 Å². The number of hydrogen-bond donors (Lipinski definition) is 1. The van der Waals surface area contributed by atoms with Crippen molar-refractivity contribution in [2.24, 2.45) is 0 Å². The van der Waals surface area contributed by atoms with Gasteiger partial charge in [-0.1, -0.05) is 61.0 Å². The molecule has 0 saturated carbocycles. The predicted molar refractivity (Wildman–Crippen MR) is 120 cm³/mol. The third-order valence-electron chi connectivity index (χ3n) is 5.07. The van der Waals surface area contributed by atoms with Crippen molar-refractivity contribution in [3.63, 3.8) is 0 Å². The summed E-state index contributed by atoms with van der Waals surface area (Å²) < 4.78 is 27.3. The van der Waals surface area contributed by atoms with E-state index in [4.69, 9.17) is 0 Å². The van der Waals surface area contributed by atoms with E-state index < -0.39 is 10.0 Å². The summed E-state index contributed by atoms with van der Waals surface area (Å²) in [4.78, 5) is 12.9. The second-order valence-corrected chi connectivity index (χ2v) is 9.15. The van der Waals surface area contributed by atoms with Crippen LogP contribution in [0.25, 0.3) is 0 Å². The van der Waals surface area contributed by atoms with Crippen LogP contribution in [0.15, 0.2) is 83.8 Å². The first-order valence-corrected chi connectivity index (χ1v) is 11.3. The number of carbonyl (C=O) groups excluding carboxylic acids is 1. The third-order valence-corrected chi connectivity index (χ3v) is 6.85. The molecule has 0 aliphatic rings. The van der Waals surface area contributed by atoms with Crippen molar-refractivity contribution in [3.8, 4) is 0 Å². The van der Waals surface area contributed by atoms with Gasteiger partial charge in [0.05, 0.1) is 16.6 Å². The number of rotatable bonds is 7. The Hall–Kier alpha value is -3.12. The van der Waals surface area contributed by atoms with Crippen molar-refractivity contribution in [2.75, 3.05) is 11.4 Å². The Kier molecular flexibility index (Phi) is 6.57. The number of anilines is 1. The van der Waals surface area contributed by atoms with Gasteiger partial charge in [-0.3, -0.25) is 9.10 Å². The van der Waals surface area contributed by atoms with E-state index >= 15 is 0 Å². The van der Waals surface area contributed by atoms with Crippen molar-refractivity contribution >= 4 is 21.6 Å². The maximum atomic E-state index is 13.0. The van der Waals surface area contributed by atoms with Crippen LogP contribution in [0, 0.1) is 6.92 Å². The zero-order valence-corrected chi connectivity index (χ0v) is 18.2. The zero-order valence-electron chi connectivity index (χ0n) is 17.4. The molecule has 1 atom stereocenters. The Labute approximate surface area is 178 Å². The fourth-order valence-electron chi connectivity index (χ4n) is 3.19.